The van der Waals surface area contributed by atoms with Gasteiger partial charge in [-0.25, -0.2) is 14.2 Å². The summed E-state index contributed by atoms with van der Waals surface area (Å²) in [5, 5.41) is 1.70. The number of ether oxygens (including phenoxy) is 1. The van der Waals surface area contributed by atoms with E-state index in [0.29, 0.717) is 17.8 Å². The lowest BCUT2D eigenvalue weighted by atomic mass is 10.2. The summed E-state index contributed by atoms with van der Waals surface area (Å²) in [6, 6.07) is 6.04. The number of rotatable bonds is 5. The van der Waals surface area contributed by atoms with Crippen molar-refractivity contribution in [2.45, 2.75) is 6.18 Å². The minimum atomic E-state index is -4.62. The third kappa shape index (κ3) is 6.37. The second-order valence-electron chi connectivity index (χ2n) is 5.10. The van der Waals surface area contributed by atoms with Gasteiger partial charge in [0.1, 0.15) is 5.82 Å². The van der Waals surface area contributed by atoms with E-state index in [0.717, 1.165) is 6.08 Å². The van der Waals surface area contributed by atoms with E-state index in [9.17, 15) is 27.2 Å². The highest BCUT2D eigenvalue weighted by molar-refractivity contribution is 6.33. The van der Waals surface area contributed by atoms with Crippen LogP contribution in [0, 0.1) is 5.82 Å². The van der Waals surface area contributed by atoms with Crippen molar-refractivity contribution in [3.8, 4) is 0 Å². The molecule has 0 atom stereocenters. The largest absolute Gasteiger partial charge is 0.452 e. The van der Waals surface area contributed by atoms with E-state index in [4.69, 9.17) is 11.6 Å². The Balaban J connectivity index is 1.88. The van der Waals surface area contributed by atoms with Gasteiger partial charge in [0.2, 0.25) is 0 Å². The molecule has 0 unspecified atom stereocenters. The summed E-state index contributed by atoms with van der Waals surface area (Å²) in [6.45, 7) is -0.717. The summed E-state index contributed by atoms with van der Waals surface area (Å²) >= 11 is 5.65. The number of nitrogens with one attached hydrogen (secondary N) is 1. The predicted octanol–water partition coefficient (Wildman–Crippen LogP) is 4.09. The number of alkyl halides is 3. The lowest BCUT2D eigenvalue weighted by molar-refractivity contribution is -0.142. The molecule has 0 saturated heterocycles. The van der Waals surface area contributed by atoms with E-state index in [1.807, 2.05) is 0 Å². The first-order valence-corrected chi connectivity index (χ1v) is 7.66. The van der Waals surface area contributed by atoms with Crippen molar-refractivity contribution in [2.24, 2.45) is 0 Å². The van der Waals surface area contributed by atoms with Gasteiger partial charge in [-0.2, -0.15) is 13.2 Å². The number of benzene rings is 1. The number of hydrogen-bond donors (Lipinski definition) is 1. The molecule has 1 N–H and O–H groups in total. The van der Waals surface area contributed by atoms with Crippen LogP contribution in [0.25, 0.3) is 6.08 Å². The van der Waals surface area contributed by atoms with Gasteiger partial charge in [-0.3, -0.25) is 4.79 Å². The van der Waals surface area contributed by atoms with Gasteiger partial charge in [0.25, 0.3) is 5.91 Å². The number of carbonyl (C=O) groups excluding carboxylic acids is 2. The maximum absolute atomic E-state index is 13.0. The minimum absolute atomic E-state index is 0.305. The molecule has 1 amide bonds. The molecule has 2 aromatic rings. The fourth-order valence-electron chi connectivity index (χ4n) is 1.81. The van der Waals surface area contributed by atoms with Gasteiger partial charge >= 0.3 is 12.1 Å². The molecule has 0 saturated carbocycles. The quantitative estimate of drug-likeness (QED) is 0.465. The second kappa shape index (κ2) is 8.63. The first-order chi connectivity index (χ1) is 12.6. The second-order valence-corrected chi connectivity index (χ2v) is 5.50. The van der Waals surface area contributed by atoms with E-state index < -0.39 is 41.1 Å². The molecule has 0 radical (unpaired) electrons. The van der Waals surface area contributed by atoms with E-state index in [2.05, 4.69) is 15.0 Å². The molecule has 5 nitrogen and oxygen atoms in total. The van der Waals surface area contributed by atoms with E-state index in [1.165, 1.54) is 24.3 Å². The molecule has 0 aliphatic rings. The van der Waals surface area contributed by atoms with E-state index >= 15 is 0 Å². The Morgan fingerprint density at radius 2 is 2.00 bits per heavy atom. The molecule has 0 spiro atoms. The first kappa shape index (κ1) is 20.4. The normalized spacial score (nSPS) is 11.4. The van der Waals surface area contributed by atoms with Crippen LogP contribution in [0.2, 0.25) is 5.02 Å². The molecule has 142 valence electrons. The van der Waals surface area contributed by atoms with Crippen molar-refractivity contribution in [2.75, 3.05) is 11.9 Å². The van der Waals surface area contributed by atoms with Crippen LogP contribution in [0.5, 0.6) is 0 Å². The summed E-state index contributed by atoms with van der Waals surface area (Å²) in [5.74, 6) is -2.51. The average Bonchev–Trinajstić information content (AvgIpc) is 2.59. The van der Waals surface area contributed by atoms with Crippen LogP contribution in [0.3, 0.4) is 0 Å². The monoisotopic (exact) mass is 402 g/mol. The summed E-state index contributed by atoms with van der Waals surface area (Å²) in [4.78, 5) is 26.6. The Morgan fingerprint density at radius 1 is 1.26 bits per heavy atom. The zero-order valence-electron chi connectivity index (χ0n) is 13.4. The Kier molecular flexibility index (Phi) is 6.51. The summed E-state index contributed by atoms with van der Waals surface area (Å²) in [7, 11) is 0. The molecule has 2 rings (SSSR count). The van der Waals surface area contributed by atoms with Gasteiger partial charge in [-0.15, -0.1) is 0 Å². The van der Waals surface area contributed by atoms with Gasteiger partial charge in [-0.05, 0) is 29.8 Å². The third-order valence-corrected chi connectivity index (χ3v) is 3.32. The zero-order chi connectivity index (χ0) is 20.0. The first-order valence-electron chi connectivity index (χ1n) is 7.28. The number of anilines is 1. The SMILES string of the molecule is O=C(COC(=O)/C=C/c1cccc(F)c1)Nc1ncc(C(F)(F)F)cc1Cl. The maximum atomic E-state index is 13.0. The zero-order valence-corrected chi connectivity index (χ0v) is 14.1. The molecule has 0 aliphatic carbocycles. The van der Waals surface area contributed by atoms with Gasteiger partial charge in [0.15, 0.2) is 12.4 Å². The highest BCUT2D eigenvalue weighted by Crippen LogP contribution is 2.32. The molecule has 0 fully saturated rings. The number of esters is 1. The smallest absolute Gasteiger partial charge is 0.417 e. The molecular formula is C17H11ClF4N2O3. The molecule has 1 heterocycles. The molecular weight excluding hydrogens is 392 g/mol. The molecule has 27 heavy (non-hydrogen) atoms. The van der Waals surface area contributed by atoms with E-state index in [-0.39, 0.29) is 5.82 Å². The van der Waals surface area contributed by atoms with Crippen molar-refractivity contribution in [1.29, 1.82) is 0 Å². The van der Waals surface area contributed by atoms with Crippen molar-refractivity contribution in [3.05, 3.63) is 64.6 Å². The van der Waals surface area contributed by atoms with Crippen LogP contribution in [-0.4, -0.2) is 23.5 Å². The lowest BCUT2D eigenvalue weighted by Gasteiger charge is -2.10. The fourth-order valence-corrected chi connectivity index (χ4v) is 2.03. The third-order valence-electron chi connectivity index (χ3n) is 3.03. The molecule has 0 bridgehead atoms. The highest BCUT2D eigenvalue weighted by Gasteiger charge is 2.31. The van der Waals surface area contributed by atoms with Crippen LogP contribution < -0.4 is 5.32 Å². The summed E-state index contributed by atoms with van der Waals surface area (Å²) in [6.07, 6.45) is -1.83. The number of aromatic nitrogens is 1. The van der Waals surface area contributed by atoms with Crippen molar-refractivity contribution < 1.29 is 31.9 Å². The van der Waals surface area contributed by atoms with Crippen LogP contribution >= 0.6 is 11.6 Å². The van der Waals surface area contributed by atoms with Crippen molar-refractivity contribution >= 4 is 35.4 Å². The number of halogens is 5. The summed E-state index contributed by atoms with van der Waals surface area (Å²) in [5.41, 5.74) is -0.656. The Hall–Kier alpha value is -2.94. The topological polar surface area (TPSA) is 68.3 Å². The highest BCUT2D eigenvalue weighted by atomic mass is 35.5. The number of amides is 1. The van der Waals surface area contributed by atoms with Gasteiger partial charge in [0, 0.05) is 12.3 Å². The van der Waals surface area contributed by atoms with Gasteiger partial charge < -0.3 is 10.1 Å². The Morgan fingerprint density at radius 3 is 2.63 bits per heavy atom. The fraction of sp³-hybridized carbons (Fsp3) is 0.118. The minimum Gasteiger partial charge on any atom is -0.452 e. The Bertz CT molecular complexity index is 885. The van der Waals surface area contributed by atoms with Crippen LogP contribution in [0.15, 0.2) is 42.6 Å². The average molecular weight is 403 g/mol. The predicted molar refractivity (Wildman–Crippen MR) is 89.3 cm³/mol. The standard InChI is InChI=1S/C17H11ClF4N2O3/c18-13-7-11(17(20,21)22)8-23-16(13)24-14(25)9-27-15(26)5-4-10-2-1-3-12(19)6-10/h1-8H,9H2,(H,23,24,25)/b5-4+. The van der Waals surface area contributed by atoms with Crippen LogP contribution in [0.1, 0.15) is 11.1 Å². The Labute approximate surface area is 155 Å². The molecule has 0 aliphatic heterocycles. The van der Waals surface area contributed by atoms with Crippen molar-refractivity contribution in [1.82, 2.24) is 4.98 Å². The molecule has 1 aromatic carbocycles. The molecule has 1 aromatic heterocycles. The number of pyridine rings is 1. The van der Waals surface area contributed by atoms with Crippen LogP contribution in [-0.2, 0) is 20.5 Å². The number of nitrogens with zero attached hydrogens (tertiary/aromatic N) is 1. The van der Waals surface area contributed by atoms with E-state index in [1.54, 1.807) is 6.07 Å². The lowest BCUT2D eigenvalue weighted by Crippen LogP contribution is -2.21. The van der Waals surface area contributed by atoms with Gasteiger partial charge in [-0.1, -0.05) is 23.7 Å². The maximum Gasteiger partial charge on any atom is 0.417 e. The number of carbonyl (C=O) groups is 2. The summed E-state index contributed by atoms with van der Waals surface area (Å²) < 4.78 is 55.2. The van der Waals surface area contributed by atoms with Gasteiger partial charge in [0.05, 0.1) is 10.6 Å². The number of hydrogen-bond acceptors (Lipinski definition) is 4. The molecule has 10 heteroatoms. The van der Waals surface area contributed by atoms with Crippen molar-refractivity contribution in [3.63, 3.8) is 0 Å². The van der Waals surface area contributed by atoms with Crippen LogP contribution in [0.4, 0.5) is 23.4 Å².